The van der Waals surface area contributed by atoms with Crippen molar-refractivity contribution in [1.29, 1.82) is 0 Å². The molecule has 8 nitrogen and oxygen atoms in total. The Bertz CT molecular complexity index is 1240. The quantitative estimate of drug-likeness (QED) is 0.539. The molecule has 182 valence electrons. The number of Topliss-reactive ketones (excluding diaryl/α,β-unsaturated/α-hetero) is 1. The predicted octanol–water partition coefficient (Wildman–Crippen LogP) is 3.91. The normalized spacial score (nSPS) is 19.1. The van der Waals surface area contributed by atoms with Crippen LogP contribution >= 0.6 is 11.3 Å². The number of ketones is 1. The van der Waals surface area contributed by atoms with Crippen LogP contribution < -0.4 is 10.6 Å². The van der Waals surface area contributed by atoms with Crippen LogP contribution in [0.5, 0.6) is 0 Å². The molecule has 0 bridgehead atoms. The smallest absolute Gasteiger partial charge is 0.260 e. The molecule has 35 heavy (non-hydrogen) atoms. The molecule has 2 N–H and O–H groups in total. The predicted molar refractivity (Wildman–Crippen MR) is 131 cm³/mol. The van der Waals surface area contributed by atoms with Gasteiger partial charge in [-0.05, 0) is 31.4 Å². The monoisotopic (exact) mass is 493 g/mol. The third-order valence-corrected chi connectivity index (χ3v) is 8.01. The minimum atomic E-state index is -0.482. The number of amides is 2. The van der Waals surface area contributed by atoms with Gasteiger partial charge < -0.3 is 14.5 Å². The number of fused-ring (bicyclic) bond motifs is 1. The van der Waals surface area contributed by atoms with E-state index in [9.17, 15) is 14.4 Å². The molecule has 1 aromatic carbocycles. The van der Waals surface area contributed by atoms with Crippen molar-refractivity contribution in [2.24, 2.45) is 5.92 Å². The zero-order chi connectivity index (χ0) is 24.4. The fraction of sp³-hybridized carbons (Fsp3) is 0.385. The van der Waals surface area contributed by atoms with E-state index in [2.05, 4.69) is 27.8 Å². The fourth-order valence-electron chi connectivity index (χ4n) is 4.88. The summed E-state index contributed by atoms with van der Waals surface area (Å²) < 4.78 is 10.8. The van der Waals surface area contributed by atoms with Gasteiger partial charge in [0, 0.05) is 38.0 Å². The molecule has 2 amide bonds. The molecular formula is C26H27N3O5S. The van der Waals surface area contributed by atoms with Gasteiger partial charge in [-0.25, -0.2) is 4.98 Å². The number of hydrogen-bond acceptors (Lipinski definition) is 7. The van der Waals surface area contributed by atoms with Gasteiger partial charge in [0.25, 0.3) is 5.91 Å². The van der Waals surface area contributed by atoms with Gasteiger partial charge >= 0.3 is 0 Å². The number of nitrogens with zero attached hydrogens (tertiary/aromatic N) is 1. The lowest BCUT2D eigenvalue weighted by Crippen LogP contribution is -2.46. The third kappa shape index (κ3) is 4.78. The Morgan fingerprint density at radius 1 is 1.14 bits per heavy atom. The largest absolute Gasteiger partial charge is 0.469 e. The van der Waals surface area contributed by atoms with Crippen molar-refractivity contribution in [1.82, 2.24) is 10.3 Å². The van der Waals surface area contributed by atoms with Gasteiger partial charge in [-0.15, -0.1) is 0 Å². The second-order valence-corrected chi connectivity index (χ2v) is 10.1. The Labute approximate surface area is 207 Å². The van der Waals surface area contributed by atoms with Gasteiger partial charge in [0.1, 0.15) is 5.76 Å². The lowest BCUT2D eigenvalue weighted by Gasteiger charge is -2.38. The van der Waals surface area contributed by atoms with E-state index in [1.54, 1.807) is 13.0 Å². The second-order valence-electron chi connectivity index (χ2n) is 9.14. The average molecular weight is 494 g/mol. The number of aromatic nitrogens is 1. The number of furan rings is 1. The van der Waals surface area contributed by atoms with Crippen LogP contribution in [0.25, 0.3) is 0 Å². The maximum absolute atomic E-state index is 13.1. The van der Waals surface area contributed by atoms with Crippen LogP contribution in [-0.4, -0.2) is 42.3 Å². The summed E-state index contributed by atoms with van der Waals surface area (Å²) in [5.74, 6) is -0.572. The number of thiazole rings is 1. The molecule has 3 aromatic rings. The summed E-state index contributed by atoms with van der Waals surface area (Å²) in [5.41, 5.74) is 2.00. The van der Waals surface area contributed by atoms with Crippen molar-refractivity contribution in [2.45, 2.75) is 38.0 Å². The minimum Gasteiger partial charge on any atom is -0.469 e. The van der Waals surface area contributed by atoms with Gasteiger partial charge in [-0.2, -0.15) is 0 Å². The molecule has 5 rings (SSSR count). The number of carbonyl (C=O) groups excluding carboxylic acids is 3. The number of ether oxygens (including phenoxy) is 1. The highest BCUT2D eigenvalue weighted by atomic mass is 32.1. The average Bonchev–Trinajstić information content (AvgIpc) is 3.49. The molecule has 0 spiro atoms. The van der Waals surface area contributed by atoms with E-state index < -0.39 is 5.92 Å². The standard InChI is InChI=1S/C26H27N3O5S/c1-16-19(7-10-34-16)24(32)29-25-28-20-13-17(14-21(30)22(20)35-25)23(31)27-15-26(8-11-33-12-9-26)18-5-3-2-4-6-18/h2-7,10,17H,8-9,11-15H2,1H3,(H,27,31)(H,28,29,32)/t17-/m1/s1. The van der Waals surface area contributed by atoms with Crippen molar-refractivity contribution in [3.05, 3.63) is 70.1 Å². The Kier molecular flexibility index (Phi) is 6.53. The molecule has 1 saturated heterocycles. The fourth-order valence-corrected chi connectivity index (χ4v) is 5.81. The highest BCUT2D eigenvalue weighted by Crippen LogP contribution is 2.35. The molecule has 9 heteroatoms. The molecule has 1 fully saturated rings. The first kappa shape index (κ1) is 23.4. The Morgan fingerprint density at radius 3 is 2.63 bits per heavy atom. The highest BCUT2D eigenvalue weighted by molar-refractivity contribution is 7.17. The second kappa shape index (κ2) is 9.75. The zero-order valence-electron chi connectivity index (χ0n) is 19.5. The molecule has 1 aliphatic carbocycles. The number of benzene rings is 1. The number of hydrogen-bond donors (Lipinski definition) is 2. The Morgan fingerprint density at radius 2 is 1.91 bits per heavy atom. The molecule has 0 saturated carbocycles. The molecule has 2 aromatic heterocycles. The minimum absolute atomic E-state index is 0.118. The molecule has 1 aliphatic heterocycles. The zero-order valence-corrected chi connectivity index (χ0v) is 20.3. The maximum Gasteiger partial charge on any atom is 0.260 e. The molecule has 2 aliphatic rings. The summed E-state index contributed by atoms with van der Waals surface area (Å²) in [6.07, 6.45) is 3.61. The highest BCUT2D eigenvalue weighted by Gasteiger charge is 2.37. The Hall–Kier alpha value is -3.30. The van der Waals surface area contributed by atoms with Crippen LogP contribution in [0.4, 0.5) is 5.13 Å². The van der Waals surface area contributed by atoms with E-state index in [1.165, 1.54) is 11.8 Å². The van der Waals surface area contributed by atoms with Crippen LogP contribution in [-0.2, 0) is 21.4 Å². The van der Waals surface area contributed by atoms with Gasteiger partial charge in [-0.1, -0.05) is 41.7 Å². The van der Waals surface area contributed by atoms with E-state index in [0.29, 0.717) is 53.2 Å². The van der Waals surface area contributed by atoms with Gasteiger partial charge in [0.15, 0.2) is 10.9 Å². The van der Waals surface area contributed by atoms with E-state index in [-0.39, 0.29) is 29.4 Å². The Balaban J connectivity index is 1.26. The van der Waals surface area contributed by atoms with Crippen LogP contribution in [0.3, 0.4) is 0 Å². The van der Waals surface area contributed by atoms with Crippen molar-refractivity contribution < 1.29 is 23.5 Å². The summed E-state index contributed by atoms with van der Waals surface area (Å²) in [6.45, 7) is 3.51. The summed E-state index contributed by atoms with van der Waals surface area (Å²) in [4.78, 5) is 43.4. The van der Waals surface area contributed by atoms with E-state index in [0.717, 1.165) is 24.2 Å². The number of carbonyl (C=O) groups is 3. The van der Waals surface area contributed by atoms with Crippen molar-refractivity contribution in [2.75, 3.05) is 25.1 Å². The molecule has 0 unspecified atom stereocenters. The topological polar surface area (TPSA) is 111 Å². The first-order valence-electron chi connectivity index (χ1n) is 11.7. The first-order valence-corrected chi connectivity index (χ1v) is 12.6. The summed E-state index contributed by atoms with van der Waals surface area (Å²) in [7, 11) is 0. The van der Waals surface area contributed by atoms with E-state index >= 15 is 0 Å². The number of anilines is 1. The van der Waals surface area contributed by atoms with E-state index in [4.69, 9.17) is 9.15 Å². The lowest BCUT2D eigenvalue weighted by molar-refractivity contribution is -0.125. The summed E-state index contributed by atoms with van der Waals surface area (Å²) in [6, 6.07) is 11.8. The molecule has 0 radical (unpaired) electrons. The van der Waals surface area contributed by atoms with Crippen LogP contribution in [0.2, 0.25) is 0 Å². The molecule has 1 atom stereocenters. The van der Waals surface area contributed by atoms with Crippen molar-refractivity contribution in [3.8, 4) is 0 Å². The number of aryl methyl sites for hydroxylation is 1. The first-order chi connectivity index (χ1) is 16.9. The third-order valence-electron chi connectivity index (χ3n) is 6.95. The SMILES string of the molecule is Cc1occc1C(=O)Nc1nc2c(s1)C(=O)C[C@H](C(=O)NCC1(c3ccccc3)CCOCC1)C2. The summed E-state index contributed by atoms with van der Waals surface area (Å²) in [5, 5.41) is 6.21. The van der Waals surface area contributed by atoms with Crippen LogP contribution in [0.15, 0.2) is 47.1 Å². The molecule has 3 heterocycles. The van der Waals surface area contributed by atoms with Crippen LogP contribution in [0, 0.1) is 12.8 Å². The summed E-state index contributed by atoms with van der Waals surface area (Å²) >= 11 is 1.15. The lowest BCUT2D eigenvalue weighted by atomic mass is 9.74. The van der Waals surface area contributed by atoms with E-state index in [1.807, 2.05) is 18.2 Å². The van der Waals surface area contributed by atoms with Gasteiger partial charge in [0.2, 0.25) is 5.91 Å². The van der Waals surface area contributed by atoms with Gasteiger partial charge in [-0.3, -0.25) is 19.7 Å². The maximum atomic E-state index is 13.1. The van der Waals surface area contributed by atoms with Crippen molar-refractivity contribution >= 4 is 34.1 Å². The number of nitrogens with one attached hydrogen (secondary N) is 2. The number of rotatable bonds is 6. The van der Waals surface area contributed by atoms with Crippen molar-refractivity contribution in [3.63, 3.8) is 0 Å². The molecular weight excluding hydrogens is 466 g/mol. The van der Waals surface area contributed by atoms with Gasteiger partial charge in [0.05, 0.1) is 28.3 Å². The van der Waals surface area contributed by atoms with Crippen LogP contribution in [0.1, 0.15) is 56.3 Å².